The van der Waals surface area contributed by atoms with Gasteiger partial charge in [-0.2, -0.15) is 5.21 Å². The van der Waals surface area contributed by atoms with E-state index in [1.165, 1.54) is 25.7 Å². The van der Waals surface area contributed by atoms with Gasteiger partial charge in [-0.05, 0) is 30.7 Å². The third-order valence-electron chi connectivity index (χ3n) is 3.54. The van der Waals surface area contributed by atoms with Crippen LogP contribution in [0.3, 0.4) is 0 Å². The lowest BCUT2D eigenvalue weighted by atomic mass is 9.68. The predicted octanol–water partition coefficient (Wildman–Crippen LogP) is 0.897. The monoisotopic (exact) mass is 209 g/mol. The number of nitrogens with one attached hydrogen (secondary N) is 1. The van der Waals surface area contributed by atoms with Crippen LogP contribution in [-0.4, -0.2) is 27.2 Å². The van der Waals surface area contributed by atoms with Crippen molar-refractivity contribution in [2.75, 3.05) is 6.54 Å². The summed E-state index contributed by atoms with van der Waals surface area (Å²) in [5.41, 5.74) is 6.14. The molecule has 1 aromatic heterocycles. The highest BCUT2D eigenvalue weighted by atomic mass is 15.5. The van der Waals surface area contributed by atoms with Gasteiger partial charge in [0.1, 0.15) is 0 Å². The number of aromatic nitrogens is 4. The Hall–Kier alpha value is -0.970. The summed E-state index contributed by atoms with van der Waals surface area (Å²) in [6.45, 7) is 3.03. The minimum absolute atomic E-state index is 0.210. The van der Waals surface area contributed by atoms with Crippen molar-refractivity contribution >= 4 is 0 Å². The van der Waals surface area contributed by atoms with Crippen molar-refractivity contribution in [3.8, 4) is 0 Å². The number of nitrogens with zero attached hydrogens (tertiary/aromatic N) is 3. The molecule has 1 aromatic rings. The van der Waals surface area contributed by atoms with Gasteiger partial charge in [-0.3, -0.25) is 0 Å². The first-order chi connectivity index (χ1) is 7.24. The predicted molar refractivity (Wildman–Crippen MR) is 57.0 cm³/mol. The van der Waals surface area contributed by atoms with E-state index in [-0.39, 0.29) is 5.41 Å². The van der Waals surface area contributed by atoms with Crippen LogP contribution in [0.1, 0.15) is 38.4 Å². The van der Waals surface area contributed by atoms with E-state index in [0.29, 0.717) is 0 Å². The van der Waals surface area contributed by atoms with Crippen LogP contribution in [0.25, 0.3) is 0 Å². The number of tetrazole rings is 1. The Kier molecular flexibility index (Phi) is 3.00. The van der Waals surface area contributed by atoms with E-state index >= 15 is 0 Å². The molecular formula is C10H19N5. The van der Waals surface area contributed by atoms with Gasteiger partial charge in [-0.25, -0.2) is 0 Å². The Morgan fingerprint density at radius 3 is 3.07 bits per heavy atom. The van der Waals surface area contributed by atoms with Crippen molar-refractivity contribution in [3.63, 3.8) is 0 Å². The molecule has 84 valence electrons. The van der Waals surface area contributed by atoms with Crippen LogP contribution in [0.2, 0.25) is 0 Å². The van der Waals surface area contributed by atoms with Crippen LogP contribution in [0, 0.1) is 11.3 Å². The largest absolute Gasteiger partial charge is 0.330 e. The molecule has 2 unspecified atom stereocenters. The van der Waals surface area contributed by atoms with Crippen molar-refractivity contribution in [2.24, 2.45) is 17.1 Å². The van der Waals surface area contributed by atoms with E-state index in [0.717, 1.165) is 24.7 Å². The molecule has 0 aliphatic heterocycles. The quantitative estimate of drug-likeness (QED) is 0.775. The summed E-state index contributed by atoms with van der Waals surface area (Å²) in [7, 11) is 0. The van der Waals surface area contributed by atoms with Gasteiger partial charge in [0.2, 0.25) is 0 Å². The second kappa shape index (κ2) is 4.26. The molecule has 0 bridgehead atoms. The molecule has 0 radical (unpaired) electrons. The summed E-state index contributed by atoms with van der Waals surface area (Å²) in [5.74, 6) is 1.57. The van der Waals surface area contributed by atoms with Crippen molar-refractivity contribution in [1.82, 2.24) is 20.6 Å². The number of hydrogen-bond acceptors (Lipinski definition) is 4. The SMILES string of the molecule is CC1CCCC(CN)(Cc2nn[nH]n2)C1. The summed E-state index contributed by atoms with van der Waals surface area (Å²) in [5, 5.41) is 14.1. The van der Waals surface area contributed by atoms with Crippen LogP contribution in [-0.2, 0) is 6.42 Å². The fourth-order valence-electron chi connectivity index (χ4n) is 2.78. The smallest absolute Gasteiger partial charge is 0.175 e. The molecule has 2 atom stereocenters. The third kappa shape index (κ3) is 2.34. The number of hydrogen-bond donors (Lipinski definition) is 2. The Labute approximate surface area is 89.8 Å². The maximum atomic E-state index is 5.93. The van der Waals surface area contributed by atoms with Crippen LogP contribution < -0.4 is 5.73 Å². The van der Waals surface area contributed by atoms with E-state index < -0.39 is 0 Å². The fourth-order valence-corrected chi connectivity index (χ4v) is 2.78. The van der Waals surface area contributed by atoms with Crippen LogP contribution >= 0.6 is 0 Å². The van der Waals surface area contributed by atoms with Crippen molar-refractivity contribution < 1.29 is 0 Å². The molecule has 5 nitrogen and oxygen atoms in total. The summed E-state index contributed by atoms with van der Waals surface area (Å²) in [4.78, 5) is 0. The molecule has 0 spiro atoms. The van der Waals surface area contributed by atoms with Crippen molar-refractivity contribution in [3.05, 3.63) is 5.82 Å². The summed E-state index contributed by atoms with van der Waals surface area (Å²) >= 11 is 0. The zero-order valence-corrected chi connectivity index (χ0v) is 9.24. The van der Waals surface area contributed by atoms with Gasteiger partial charge in [-0.1, -0.05) is 25.0 Å². The molecule has 1 fully saturated rings. The van der Waals surface area contributed by atoms with Gasteiger partial charge < -0.3 is 5.73 Å². The fraction of sp³-hybridized carbons (Fsp3) is 0.900. The molecule has 0 aromatic carbocycles. The van der Waals surface area contributed by atoms with E-state index in [9.17, 15) is 0 Å². The molecule has 1 aliphatic rings. The highest BCUT2D eigenvalue weighted by Gasteiger charge is 2.34. The average Bonchev–Trinajstić information content (AvgIpc) is 2.70. The molecule has 1 aliphatic carbocycles. The normalized spacial score (nSPS) is 31.7. The van der Waals surface area contributed by atoms with Gasteiger partial charge in [0.15, 0.2) is 5.82 Å². The highest BCUT2D eigenvalue weighted by molar-refractivity contribution is 4.94. The standard InChI is InChI=1S/C10H19N5/c1-8-3-2-4-10(5-8,7-11)6-9-12-14-15-13-9/h8H,2-7,11H2,1H3,(H,12,13,14,15). The van der Waals surface area contributed by atoms with E-state index in [1.54, 1.807) is 0 Å². The molecule has 3 N–H and O–H groups in total. The minimum Gasteiger partial charge on any atom is -0.330 e. The van der Waals surface area contributed by atoms with Gasteiger partial charge in [-0.15, -0.1) is 10.2 Å². The Balaban J connectivity index is 2.07. The first-order valence-corrected chi connectivity index (χ1v) is 5.66. The van der Waals surface area contributed by atoms with Gasteiger partial charge in [0.25, 0.3) is 0 Å². The molecule has 0 saturated heterocycles. The lowest BCUT2D eigenvalue weighted by Gasteiger charge is -2.38. The van der Waals surface area contributed by atoms with E-state index in [1.807, 2.05) is 0 Å². The first-order valence-electron chi connectivity index (χ1n) is 5.66. The Morgan fingerprint density at radius 1 is 1.60 bits per heavy atom. The zero-order valence-electron chi connectivity index (χ0n) is 9.24. The zero-order chi connectivity index (χ0) is 10.7. The molecule has 1 heterocycles. The van der Waals surface area contributed by atoms with Crippen LogP contribution in [0.5, 0.6) is 0 Å². The van der Waals surface area contributed by atoms with Gasteiger partial charge >= 0.3 is 0 Å². The number of H-pyrrole nitrogens is 1. The third-order valence-corrected chi connectivity index (χ3v) is 3.54. The van der Waals surface area contributed by atoms with E-state index in [4.69, 9.17) is 5.73 Å². The number of nitrogens with two attached hydrogens (primary N) is 1. The maximum Gasteiger partial charge on any atom is 0.175 e. The topological polar surface area (TPSA) is 80.5 Å². The number of aromatic amines is 1. The lowest BCUT2D eigenvalue weighted by Crippen LogP contribution is -2.37. The van der Waals surface area contributed by atoms with Crippen LogP contribution in [0.15, 0.2) is 0 Å². The van der Waals surface area contributed by atoms with E-state index in [2.05, 4.69) is 27.5 Å². The van der Waals surface area contributed by atoms with Crippen molar-refractivity contribution in [2.45, 2.75) is 39.0 Å². The summed E-state index contributed by atoms with van der Waals surface area (Å²) in [6.07, 6.45) is 5.86. The summed E-state index contributed by atoms with van der Waals surface area (Å²) in [6, 6.07) is 0. The van der Waals surface area contributed by atoms with Gasteiger partial charge in [0.05, 0.1) is 0 Å². The Bertz CT molecular complexity index is 297. The molecule has 1 saturated carbocycles. The number of rotatable bonds is 3. The van der Waals surface area contributed by atoms with Crippen LogP contribution in [0.4, 0.5) is 0 Å². The van der Waals surface area contributed by atoms with Gasteiger partial charge in [0, 0.05) is 6.42 Å². The highest BCUT2D eigenvalue weighted by Crippen LogP contribution is 2.40. The maximum absolute atomic E-state index is 5.93. The lowest BCUT2D eigenvalue weighted by molar-refractivity contribution is 0.151. The molecule has 2 rings (SSSR count). The first kappa shape index (κ1) is 10.5. The molecule has 5 heteroatoms. The molecule has 15 heavy (non-hydrogen) atoms. The average molecular weight is 209 g/mol. The van der Waals surface area contributed by atoms with Crippen molar-refractivity contribution in [1.29, 1.82) is 0 Å². The minimum atomic E-state index is 0.210. The Morgan fingerprint density at radius 2 is 2.47 bits per heavy atom. The second-order valence-electron chi connectivity index (χ2n) is 4.91. The summed E-state index contributed by atoms with van der Waals surface area (Å²) < 4.78 is 0. The second-order valence-corrected chi connectivity index (χ2v) is 4.91. The molecule has 0 amide bonds. The molecular weight excluding hydrogens is 190 g/mol.